The minimum absolute atomic E-state index is 0.736. The molecule has 0 saturated carbocycles. The van der Waals surface area contributed by atoms with Crippen molar-refractivity contribution >= 4 is 0 Å². The average Bonchev–Trinajstić information content (AvgIpc) is 1.86. The molecule has 1 heterocycles. The van der Waals surface area contributed by atoms with Crippen molar-refractivity contribution in [2.45, 2.75) is 0 Å². The molecule has 0 atom stereocenters. The molecule has 4 nitrogen and oxygen atoms in total. The molecule has 0 bridgehead atoms. The van der Waals surface area contributed by atoms with Crippen molar-refractivity contribution in [1.29, 1.82) is 0 Å². The van der Waals surface area contributed by atoms with Gasteiger partial charge < -0.3 is 0 Å². The number of rotatable bonds is 0. The zero-order chi connectivity index (χ0) is 4.41. The summed E-state index contributed by atoms with van der Waals surface area (Å²) in [5.41, 5.74) is 5.65. The highest BCUT2D eigenvalue weighted by molar-refractivity contribution is 4.46. The van der Waals surface area contributed by atoms with E-state index >= 15 is 0 Å². The molecule has 0 unspecified atom stereocenters. The summed E-state index contributed by atoms with van der Waals surface area (Å²) >= 11 is 0. The normalized spacial score (nSPS) is 25.5. The Hall–Kier alpha value is -0.160. The Balaban J connectivity index is 2.18. The Morgan fingerprint density at radius 2 is 1.83 bits per heavy atom. The van der Waals surface area contributed by atoms with E-state index in [1.807, 2.05) is 0 Å². The van der Waals surface area contributed by atoms with Crippen molar-refractivity contribution in [1.82, 2.24) is 15.9 Å². The molecule has 1 aliphatic rings. The number of hydrazine groups is 2. The van der Waals surface area contributed by atoms with Crippen molar-refractivity contribution in [3.05, 3.63) is 0 Å². The zero-order valence-corrected chi connectivity index (χ0v) is 3.44. The van der Waals surface area contributed by atoms with Gasteiger partial charge in [-0.05, 0) is 0 Å². The topological polar surface area (TPSA) is 53.3 Å². The molecule has 0 spiro atoms. The van der Waals surface area contributed by atoms with Gasteiger partial charge in [-0.3, -0.25) is 5.84 Å². The molecule has 36 valence electrons. The fourth-order valence-corrected chi connectivity index (χ4v) is 0.371. The molecule has 4 heteroatoms. The fourth-order valence-electron chi connectivity index (χ4n) is 0.371. The van der Waals surface area contributed by atoms with Gasteiger partial charge in [-0.1, -0.05) is 0 Å². The van der Waals surface area contributed by atoms with Crippen LogP contribution in [0.5, 0.6) is 0 Å². The van der Waals surface area contributed by atoms with Gasteiger partial charge in [0.1, 0.15) is 0 Å². The summed E-state index contributed by atoms with van der Waals surface area (Å²) < 4.78 is 0. The van der Waals surface area contributed by atoms with Crippen LogP contribution in [0.1, 0.15) is 0 Å². The van der Waals surface area contributed by atoms with E-state index in [9.17, 15) is 0 Å². The molecule has 0 aromatic carbocycles. The lowest BCUT2D eigenvalue weighted by Crippen LogP contribution is -2.29. The van der Waals surface area contributed by atoms with Gasteiger partial charge in [-0.15, -0.1) is 0 Å². The minimum Gasteiger partial charge on any atom is -0.266 e. The summed E-state index contributed by atoms with van der Waals surface area (Å²) in [6.45, 7) is 1.47. The predicted octanol–water partition coefficient (Wildman–Crippen LogP) is -1.82. The van der Waals surface area contributed by atoms with Gasteiger partial charge in [0, 0.05) is 0 Å². The molecule has 1 rings (SSSR count). The second kappa shape index (κ2) is 1.53. The summed E-state index contributed by atoms with van der Waals surface area (Å²) in [6, 6.07) is 0. The van der Waals surface area contributed by atoms with E-state index in [2.05, 4.69) is 10.9 Å². The first-order chi connectivity index (χ1) is 2.89. The highest BCUT2D eigenvalue weighted by Crippen LogP contribution is 1.71. The molecule has 1 saturated heterocycles. The van der Waals surface area contributed by atoms with Crippen LogP contribution < -0.4 is 16.7 Å². The summed E-state index contributed by atoms with van der Waals surface area (Å²) in [7, 11) is 0. The van der Waals surface area contributed by atoms with Crippen LogP contribution in [0.25, 0.3) is 0 Å². The second-order valence-electron chi connectivity index (χ2n) is 1.26. The zero-order valence-electron chi connectivity index (χ0n) is 3.44. The standard InChI is InChI=1S/C2H8N4/c3-6-1-4-5-2-6/h4-5H,1-3H2. The predicted molar refractivity (Wildman–Crippen MR) is 22.0 cm³/mol. The smallest absolute Gasteiger partial charge is 0.0764 e. The summed E-state index contributed by atoms with van der Waals surface area (Å²) in [5, 5.41) is 1.64. The first kappa shape index (κ1) is 4.01. The van der Waals surface area contributed by atoms with Crippen molar-refractivity contribution < 1.29 is 0 Å². The van der Waals surface area contributed by atoms with Crippen LogP contribution in [-0.4, -0.2) is 18.3 Å². The average molecular weight is 88.1 g/mol. The van der Waals surface area contributed by atoms with Crippen LogP contribution in [0, 0.1) is 0 Å². The van der Waals surface area contributed by atoms with E-state index in [0.717, 1.165) is 13.3 Å². The third-order valence-electron chi connectivity index (χ3n) is 0.689. The van der Waals surface area contributed by atoms with Gasteiger partial charge >= 0.3 is 0 Å². The molecule has 4 N–H and O–H groups in total. The van der Waals surface area contributed by atoms with Gasteiger partial charge in [0.05, 0.1) is 13.3 Å². The molecule has 0 aromatic rings. The fraction of sp³-hybridized carbons (Fsp3) is 1.00. The number of hydrogen-bond donors (Lipinski definition) is 3. The Morgan fingerprint density at radius 1 is 1.33 bits per heavy atom. The SMILES string of the molecule is NN1CNNC1. The molecular formula is C2H8N4. The largest absolute Gasteiger partial charge is 0.266 e. The maximum Gasteiger partial charge on any atom is 0.0764 e. The van der Waals surface area contributed by atoms with Gasteiger partial charge in [0.2, 0.25) is 0 Å². The number of hydrogen-bond acceptors (Lipinski definition) is 4. The molecule has 0 aromatic heterocycles. The van der Waals surface area contributed by atoms with E-state index in [1.54, 1.807) is 5.01 Å². The first-order valence-electron chi connectivity index (χ1n) is 1.85. The van der Waals surface area contributed by atoms with Crippen LogP contribution in [-0.2, 0) is 0 Å². The van der Waals surface area contributed by atoms with E-state index < -0.39 is 0 Å². The number of nitrogens with two attached hydrogens (primary N) is 1. The Kier molecular flexibility index (Phi) is 1.02. The first-order valence-corrected chi connectivity index (χ1v) is 1.85. The lowest BCUT2D eigenvalue weighted by atomic mass is 11.0. The molecular weight excluding hydrogens is 80.0 g/mol. The summed E-state index contributed by atoms with van der Waals surface area (Å²) in [5.74, 6) is 5.24. The van der Waals surface area contributed by atoms with E-state index in [4.69, 9.17) is 5.84 Å². The van der Waals surface area contributed by atoms with Gasteiger partial charge in [0.15, 0.2) is 0 Å². The molecule has 6 heavy (non-hydrogen) atoms. The molecule has 0 aliphatic carbocycles. The molecule has 0 amide bonds. The van der Waals surface area contributed by atoms with Gasteiger partial charge in [0.25, 0.3) is 0 Å². The monoisotopic (exact) mass is 88.1 g/mol. The van der Waals surface area contributed by atoms with E-state index in [0.29, 0.717) is 0 Å². The third kappa shape index (κ3) is 0.662. The highest BCUT2D eigenvalue weighted by Gasteiger charge is 2.01. The number of nitrogens with zero attached hydrogens (tertiary/aromatic N) is 1. The molecule has 0 radical (unpaired) electrons. The lowest BCUT2D eigenvalue weighted by molar-refractivity contribution is 0.345. The van der Waals surface area contributed by atoms with Crippen molar-refractivity contribution in [2.75, 3.05) is 13.3 Å². The number of nitrogens with one attached hydrogen (secondary N) is 2. The Labute approximate surface area is 36.2 Å². The maximum atomic E-state index is 5.24. The maximum absolute atomic E-state index is 5.24. The van der Waals surface area contributed by atoms with Crippen molar-refractivity contribution in [2.24, 2.45) is 5.84 Å². The van der Waals surface area contributed by atoms with Crippen molar-refractivity contribution in [3.63, 3.8) is 0 Å². The Bertz CT molecular complexity index is 38.8. The highest BCUT2D eigenvalue weighted by atomic mass is 15.6. The van der Waals surface area contributed by atoms with E-state index in [-0.39, 0.29) is 0 Å². The Morgan fingerprint density at radius 3 is 2.00 bits per heavy atom. The summed E-state index contributed by atoms with van der Waals surface area (Å²) in [6.07, 6.45) is 0. The second-order valence-corrected chi connectivity index (χ2v) is 1.26. The third-order valence-corrected chi connectivity index (χ3v) is 0.689. The summed E-state index contributed by atoms with van der Waals surface area (Å²) in [4.78, 5) is 0. The quantitative estimate of drug-likeness (QED) is 0.305. The molecule has 1 fully saturated rings. The van der Waals surface area contributed by atoms with Crippen LogP contribution in [0.15, 0.2) is 0 Å². The van der Waals surface area contributed by atoms with Gasteiger partial charge in [-0.25, -0.2) is 15.9 Å². The molecule has 1 aliphatic heterocycles. The van der Waals surface area contributed by atoms with Crippen LogP contribution in [0.4, 0.5) is 0 Å². The van der Waals surface area contributed by atoms with Crippen molar-refractivity contribution in [3.8, 4) is 0 Å². The lowest BCUT2D eigenvalue weighted by Gasteiger charge is -1.98. The van der Waals surface area contributed by atoms with Crippen LogP contribution >= 0.6 is 0 Å². The van der Waals surface area contributed by atoms with E-state index in [1.165, 1.54) is 0 Å². The van der Waals surface area contributed by atoms with Crippen LogP contribution in [0.3, 0.4) is 0 Å². The van der Waals surface area contributed by atoms with Crippen LogP contribution in [0.2, 0.25) is 0 Å². The minimum atomic E-state index is 0.736. The van der Waals surface area contributed by atoms with Gasteiger partial charge in [-0.2, -0.15) is 0 Å².